The maximum atomic E-state index is 13.5. The Labute approximate surface area is 202 Å². The second kappa shape index (κ2) is 9.43. The molecule has 0 radical (unpaired) electrons. The largest absolute Gasteiger partial charge is 0.366 e. The summed E-state index contributed by atoms with van der Waals surface area (Å²) in [6.45, 7) is 2.24. The van der Waals surface area contributed by atoms with Crippen molar-refractivity contribution in [3.63, 3.8) is 0 Å². The van der Waals surface area contributed by atoms with Gasteiger partial charge in [0, 0.05) is 37.1 Å². The Kier molecular flexibility index (Phi) is 6.02. The molecule has 35 heavy (non-hydrogen) atoms. The molecule has 5 rings (SSSR count). The Balaban J connectivity index is 1.50. The van der Waals surface area contributed by atoms with Gasteiger partial charge in [-0.15, -0.1) is 0 Å². The molecule has 0 atom stereocenters. The summed E-state index contributed by atoms with van der Waals surface area (Å²) in [7, 11) is 0. The average molecular weight is 467 g/mol. The number of halogens is 1. The van der Waals surface area contributed by atoms with Gasteiger partial charge in [0.2, 0.25) is 0 Å². The van der Waals surface area contributed by atoms with Gasteiger partial charge in [-0.05, 0) is 35.9 Å². The highest BCUT2D eigenvalue weighted by molar-refractivity contribution is 5.96. The van der Waals surface area contributed by atoms with E-state index in [2.05, 4.69) is 6.07 Å². The van der Waals surface area contributed by atoms with E-state index in [1.165, 1.54) is 12.1 Å². The second-order valence-corrected chi connectivity index (χ2v) is 8.52. The lowest BCUT2D eigenvalue weighted by Gasteiger charge is -2.37. The number of rotatable bonds is 4. The van der Waals surface area contributed by atoms with Gasteiger partial charge in [-0.1, -0.05) is 48.5 Å². The van der Waals surface area contributed by atoms with Crippen molar-refractivity contribution in [1.29, 1.82) is 5.26 Å². The van der Waals surface area contributed by atoms with Gasteiger partial charge in [0.15, 0.2) is 0 Å². The molecule has 4 aromatic rings. The van der Waals surface area contributed by atoms with Crippen LogP contribution in [0.1, 0.15) is 21.5 Å². The number of nitrogens with zero attached hydrogens (tertiary/aromatic N) is 4. The molecule has 1 aliphatic rings. The standard InChI is InChI=1S/C28H23FN4O2/c29-22-12-10-20(11-13-22)19-33-25-9-5-4-8-23(25)26(24(18-30)28(33)35)31-14-16-32(17-15-31)27(34)21-6-2-1-3-7-21/h1-13H,14-17,19H2. The number of hydrogen-bond donors (Lipinski definition) is 0. The van der Waals surface area contributed by atoms with E-state index in [1.807, 2.05) is 47.4 Å². The highest BCUT2D eigenvalue weighted by Gasteiger charge is 2.27. The zero-order chi connectivity index (χ0) is 24.4. The Morgan fingerprint density at radius 2 is 1.54 bits per heavy atom. The number of anilines is 1. The van der Waals surface area contributed by atoms with Crippen molar-refractivity contribution in [2.24, 2.45) is 0 Å². The zero-order valence-corrected chi connectivity index (χ0v) is 19.0. The van der Waals surface area contributed by atoms with Crippen LogP contribution in [0.3, 0.4) is 0 Å². The van der Waals surface area contributed by atoms with Gasteiger partial charge in [0.1, 0.15) is 17.4 Å². The molecule has 0 unspecified atom stereocenters. The fraction of sp³-hybridized carbons (Fsp3) is 0.179. The molecular formula is C28H23FN4O2. The van der Waals surface area contributed by atoms with Crippen molar-refractivity contribution < 1.29 is 9.18 Å². The van der Waals surface area contributed by atoms with Gasteiger partial charge >= 0.3 is 0 Å². The third-order valence-corrected chi connectivity index (χ3v) is 6.42. The second-order valence-electron chi connectivity index (χ2n) is 8.52. The van der Waals surface area contributed by atoms with Crippen LogP contribution in [-0.4, -0.2) is 41.6 Å². The smallest absolute Gasteiger partial charge is 0.271 e. The summed E-state index contributed by atoms with van der Waals surface area (Å²) in [6, 6.07) is 24.8. The van der Waals surface area contributed by atoms with Crippen LogP contribution in [0.25, 0.3) is 10.9 Å². The summed E-state index contributed by atoms with van der Waals surface area (Å²) in [5.74, 6) is -0.366. The summed E-state index contributed by atoms with van der Waals surface area (Å²) in [4.78, 5) is 30.2. The van der Waals surface area contributed by atoms with E-state index >= 15 is 0 Å². The number of pyridine rings is 1. The predicted molar refractivity (Wildman–Crippen MR) is 133 cm³/mol. The van der Waals surface area contributed by atoms with E-state index in [0.717, 1.165) is 10.9 Å². The van der Waals surface area contributed by atoms with E-state index in [-0.39, 0.29) is 29.4 Å². The van der Waals surface area contributed by atoms with Crippen LogP contribution in [0, 0.1) is 17.1 Å². The van der Waals surface area contributed by atoms with Crippen molar-refractivity contribution in [3.8, 4) is 6.07 Å². The first-order valence-electron chi connectivity index (χ1n) is 11.5. The van der Waals surface area contributed by atoms with Crippen molar-refractivity contribution in [3.05, 3.63) is 112 Å². The van der Waals surface area contributed by atoms with Crippen molar-refractivity contribution in [2.75, 3.05) is 31.1 Å². The van der Waals surface area contributed by atoms with Crippen molar-refractivity contribution in [2.45, 2.75) is 6.54 Å². The quantitative estimate of drug-likeness (QED) is 0.456. The topological polar surface area (TPSA) is 69.3 Å². The first-order chi connectivity index (χ1) is 17.1. The molecule has 0 aliphatic carbocycles. The molecule has 1 saturated heterocycles. The maximum Gasteiger partial charge on any atom is 0.271 e. The molecule has 7 heteroatoms. The minimum atomic E-state index is -0.381. The van der Waals surface area contributed by atoms with Gasteiger partial charge in [0.05, 0.1) is 17.7 Å². The Morgan fingerprint density at radius 1 is 0.886 bits per heavy atom. The van der Waals surface area contributed by atoms with Gasteiger partial charge in [-0.3, -0.25) is 9.59 Å². The maximum absolute atomic E-state index is 13.5. The molecular weight excluding hydrogens is 443 g/mol. The summed E-state index contributed by atoms with van der Waals surface area (Å²) < 4.78 is 14.9. The van der Waals surface area contributed by atoms with Crippen LogP contribution in [0.2, 0.25) is 0 Å². The highest BCUT2D eigenvalue weighted by Crippen LogP contribution is 2.30. The van der Waals surface area contributed by atoms with E-state index in [9.17, 15) is 19.2 Å². The van der Waals surface area contributed by atoms with Crippen LogP contribution < -0.4 is 10.5 Å². The third-order valence-electron chi connectivity index (χ3n) is 6.42. The predicted octanol–water partition coefficient (Wildman–Crippen LogP) is 4.02. The zero-order valence-electron chi connectivity index (χ0n) is 19.0. The lowest BCUT2D eigenvalue weighted by atomic mass is 10.1. The van der Waals surface area contributed by atoms with Crippen molar-refractivity contribution in [1.82, 2.24) is 9.47 Å². The van der Waals surface area contributed by atoms with Gasteiger partial charge in [0.25, 0.3) is 11.5 Å². The minimum Gasteiger partial charge on any atom is -0.366 e. The fourth-order valence-electron chi connectivity index (χ4n) is 4.64. The lowest BCUT2D eigenvalue weighted by Crippen LogP contribution is -2.49. The van der Waals surface area contributed by atoms with E-state index in [1.54, 1.807) is 33.7 Å². The number of carbonyl (C=O) groups excluding carboxylic acids is 1. The number of carbonyl (C=O) groups is 1. The number of benzene rings is 3. The van der Waals surface area contributed by atoms with Crippen LogP contribution in [-0.2, 0) is 6.54 Å². The molecule has 0 saturated carbocycles. The normalized spacial score (nSPS) is 13.6. The fourth-order valence-corrected chi connectivity index (χ4v) is 4.64. The number of para-hydroxylation sites is 1. The highest BCUT2D eigenvalue weighted by atomic mass is 19.1. The lowest BCUT2D eigenvalue weighted by molar-refractivity contribution is 0.0747. The number of fused-ring (bicyclic) bond motifs is 1. The van der Waals surface area contributed by atoms with Gasteiger partial charge in [-0.2, -0.15) is 5.26 Å². The third kappa shape index (κ3) is 4.26. The number of piperazine rings is 1. The van der Waals surface area contributed by atoms with Crippen LogP contribution >= 0.6 is 0 Å². The van der Waals surface area contributed by atoms with E-state index in [0.29, 0.717) is 42.9 Å². The first-order valence-corrected chi connectivity index (χ1v) is 11.5. The van der Waals surface area contributed by atoms with Gasteiger partial charge < -0.3 is 14.4 Å². The Hall–Kier alpha value is -4.44. The number of hydrogen-bond acceptors (Lipinski definition) is 4. The van der Waals surface area contributed by atoms with Crippen molar-refractivity contribution >= 4 is 22.5 Å². The van der Waals surface area contributed by atoms with Crippen LogP contribution in [0.15, 0.2) is 83.7 Å². The molecule has 6 nitrogen and oxygen atoms in total. The Bertz CT molecular complexity index is 1480. The first kappa shape index (κ1) is 22.4. The molecule has 1 amide bonds. The number of nitriles is 1. The van der Waals surface area contributed by atoms with Crippen LogP contribution in [0.4, 0.5) is 10.1 Å². The molecule has 3 aromatic carbocycles. The monoisotopic (exact) mass is 466 g/mol. The molecule has 0 bridgehead atoms. The molecule has 1 aromatic heterocycles. The average Bonchev–Trinajstić information content (AvgIpc) is 2.91. The van der Waals surface area contributed by atoms with E-state index in [4.69, 9.17) is 0 Å². The minimum absolute atomic E-state index is 0.0228. The molecule has 174 valence electrons. The van der Waals surface area contributed by atoms with Crippen LogP contribution in [0.5, 0.6) is 0 Å². The number of amides is 1. The Morgan fingerprint density at radius 3 is 2.23 bits per heavy atom. The summed E-state index contributed by atoms with van der Waals surface area (Å²) in [5, 5.41) is 10.8. The summed E-state index contributed by atoms with van der Waals surface area (Å²) in [5.41, 5.74) is 2.42. The van der Waals surface area contributed by atoms with E-state index < -0.39 is 0 Å². The summed E-state index contributed by atoms with van der Waals surface area (Å²) >= 11 is 0. The number of aromatic nitrogens is 1. The molecule has 1 fully saturated rings. The SMILES string of the molecule is N#Cc1c(N2CCN(C(=O)c3ccccc3)CC2)c2ccccc2n(Cc2ccc(F)cc2)c1=O. The molecule has 0 N–H and O–H groups in total. The summed E-state index contributed by atoms with van der Waals surface area (Å²) in [6.07, 6.45) is 0. The van der Waals surface area contributed by atoms with Gasteiger partial charge in [-0.25, -0.2) is 4.39 Å². The molecule has 0 spiro atoms. The molecule has 2 heterocycles. The molecule has 1 aliphatic heterocycles.